The second kappa shape index (κ2) is 5.00. The Bertz CT molecular complexity index is 493. The number of benzene rings is 1. The first-order valence-corrected chi connectivity index (χ1v) is 5.74. The van der Waals surface area contributed by atoms with Crippen LogP contribution in [0.3, 0.4) is 0 Å². The van der Waals surface area contributed by atoms with Crippen molar-refractivity contribution in [3.8, 4) is 0 Å². The molecule has 0 spiro atoms. The summed E-state index contributed by atoms with van der Waals surface area (Å²) < 4.78 is 0. The lowest BCUT2D eigenvalue weighted by Gasteiger charge is -2.25. The average molecular weight is 247 g/mol. The highest BCUT2D eigenvalue weighted by atomic mass is 16.4. The van der Waals surface area contributed by atoms with Gasteiger partial charge in [-0.2, -0.15) is 0 Å². The molecule has 1 aliphatic rings. The number of piperidine rings is 1. The molecule has 0 atom stereocenters. The van der Waals surface area contributed by atoms with E-state index in [-0.39, 0.29) is 18.2 Å². The SMILES string of the molecule is O=C(O)Cc1cccc(N2C(=O)CCCC2=O)c1. The number of anilines is 1. The molecule has 0 radical (unpaired) electrons. The van der Waals surface area contributed by atoms with Gasteiger partial charge in [-0.15, -0.1) is 0 Å². The monoisotopic (exact) mass is 247 g/mol. The molecule has 0 saturated carbocycles. The fraction of sp³-hybridized carbons (Fsp3) is 0.308. The summed E-state index contributed by atoms with van der Waals surface area (Å²) in [5.74, 6) is -1.39. The summed E-state index contributed by atoms with van der Waals surface area (Å²) in [5.41, 5.74) is 1.04. The van der Waals surface area contributed by atoms with Crippen molar-refractivity contribution in [1.82, 2.24) is 0 Å². The lowest BCUT2D eigenvalue weighted by atomic mass is 10.1. The number of amides is 2. The zero-order valence-electron chi connectivity index (χ0n) is 9.76. The maximum Gasteiger partial charge on any atom is 0.307 e. The van der Waals surface area contributed by atoms with Gasteiger partial charge < -0.3 is 5.11 Å². The smallest absolute Gasteiger partial charge is 0.307 e. The Morgan fingerprint density at radius 3 is 2.50 bits per heavy atom. The lowest BCUT2D eigenvalue weighted by molar-refractivity contribution is -0.136. The van der Waals surface area contributed by atoms with Gasteiger partial charge in [0.05, 0.1) is 12.1 Å². The van der Waals surface area contributed by atoms with E-state index in [1.54, 1.807) is 24.3 Å². The van der Waals surface area contributed by atoms with E-state index in [1.165, 1.54) is 0 Å². The van der Waals surface area contributed by atoms with E-state index in [0.29, 0.717) is 30.5 Å². The van der Waals surface area contributed by atoms with Gasteiger partial charge in [0.15, 0.2) is 0 Å². The van der Waals surface area contributed by atoms with Gasteiger partial charge in [-0.05, 0) is 24.1 Å². The molecular formula is C13H13NO4. The van der Waals surface area contributed by atoms with Crippen LogP contribution in [0.4, 0.5) is 5.69 Å². The maximum absolute atomic E-state index is 11.7. The topological polar surface area (TPSA) is 74.7 Å². The third kappa shape index (κ3) is 2.56. The van der Waals surface area contributed by atoms with Crippen molar-refractivity contribution < 1.29 is 19.5 Å². The third-order valence-electron chi connectivity index (χ3n) is 2.80. The minimum atomic E-state index is -0.941. The number of hydrogen-bond acceptors (Lipinski definition) is 3. The summed E-state index contributed by atoms with van der Waals surface area (Å²) in [6.07, 6.45) is 1.18. The predicted octanol–water partition coefficient (Wildman–Crippen LogP) is 1.36. The number of carbonyl (C=O) groups excluding carboxylic acids is 2. The molecule has 0 aromatic heterocycles. The molecule has 1 aliphatic heterocycles. The second-order valence-electron chi connectivity index (χ2n) is 4.22. The van der Waals surface area contributed by atoms with Crippen molar-refractivity contribution in [2.45, 2.75) is 25.7 Å². The zero-order chi connectivity index (χ0) is 13.1. The highest BCUT2D eigenvalue weighted by Gasteiger charge is 2.27. The van der Waals surface area contributed by atoms with E-state index in [9.17, 15) is 14.4 Å². The van der Waals surface area contributed by atoms with Crippen molar-refractivity contribution in [3.05, 3.63) is 29.8 Å². The number of nitrogens with zero attached hydrogens (tertiary/aromatic N) is 1. The number of aliphatic carboxylic acids is 1. The van der Waals surface area contributed by atoms with Crippen LogP contribution in [0.5, 0.6) is 0 Å². The molecule has 1 fully saturated rings. The molecule has 5 heteroatoms. The standard InChI is InChI=1S/C13H13NO4/c15-11-5-2-6-12(16)14(11)10-4-1-3-9(7-10)8-13(17)18/h1,3-4,7H,2,5-6,8H2,(H,17,18). The molecule has 1 saturated heterocycles. The van der Waals surface area contributed by atoms with Gasteiger partial charge in [-0.1, -0.05) is 12.1 Å². The van der Waals surface area contributed by atoms with E-state index in [4.69, 9.17) is 5.11 Å². The number of carboxylic acid groups (broad SMARTS) is 1. The predicted molar refractivity (Wildman–Crippen MR) is 64.1 cm³/mol. The minimum absolute atomic E-state index is 0.121. The largest absolute Gasteiger partial charge is 0.481 e. The summed E-state index contributed by atoms with van der Waals surface area (Å²) in [6.45, 7) is 0. The van der Waals surface area contributed by atoms with Crippen LogP contribution < -0.4 is 4.90 Å². The fourth-order valence-electron chi connectivity index (χ4n) is 2.02. The third-order valence-corrected chi connectivity index (χ3v) is 2.80. The quantitative estimate of drug-likeness (QED) is 0.818. The Hall–Kier alpha value is -2.17. The second-order valence-corrected chi connectivity index (χ2v) is 4.22. The van der Waals surface area contributed by atoms with Crippen LogP contribution in [-0.2, 0) is 20.8 Å². The molecule has 0 bridgehead atoms. The van der Waals surface area contributed by atoms with Crippen molar-refractivity contribution in [1.29, 1.82) is 0 Å². The van der Waals surface area contributed by atoms with Crippen molar-refractivity contribution in [2.75, 3.05) is 4.90 Å². The van der Waals surface area contributed by atoms with E-state index in [0.717, 1.165) is 4.90 Å². The number of rotatable bonds is 3. The Balaban J connectivity index is 2.29. The van der Waals surface area contributed by atoms with Crippen LogP contribution >= 0.6 is 0 Å². The molecule has 94 valence electrons. The van der Waals surface area contributed by atoms with Gasteiger partial charge in [0, 0.05) is 12.8 Å². The van der Waals surface area contributed by atoms with Crippen LogP contribution in [0, 0.1) is 0 Å². The maximum atomic E-state index is 11.7. The Labute approximate surface area is 104 Å². The van der Waals surface area contributed by atoms with Crippen LogP contribution in [0.15, 0.2) is 24.3 Å². The summed E-state index contributed by atoms with van der Waals surface area (Å²) in [7, 11) is 0. The Kier molecular flexibility index (Phi) is 3.41. The molecule has 1 aromatic carbocycles. The fourth-order valence-corrected chi connectivity index (χ4v) is 2.02. The van der Waals surface area contributed by atoms with Gasteiger partial charge in [-0.3, -0.25) is 19.3 Å². The van der Waals surface area contributed by atoms with Crippen LogP contribution in [0.25, 0.3) is 0 Å². The molecule has 2 amide bonds. The molecule has 18 heavy (non-hydrogen) atoms. The van der Waals surface area contributed by atoms with Gasteiger partial charge in [-0.25, -0.2) is 0 Å². The molecule has 2 rings (SSSR count). The summed E-state index contributed by atoms with van der Waals surface area (Å²) in [5, 5.41) is 8.72. The molecule has 0 unspecified atom stereocenters. The normalized spacial score (nSPS) is 15.9. The number of carbonyl (C=O) groups is 3. The lowest BCUT2D eigenvalue weighted by Crippen LogP contribution is -2.40. The number of carboxylic acids is 1. The van der Waals surface area contributed by atoms with Crippen molar-refractivity contribution >= 4 is 23.5 Å². The molecule has 5 nitrogen and oxygen atoms in total. The first-order valence-electron chi connectivity index (χ1n) is 5.74. The van der Waals surface area contributed by atoms with Crippen LogP contribution in [-0.4, -0.2) is 22.9 Å². The molecule has 1 N–H and O–H groups in total. The average Bonchev–Trinajstić information content (AvgIpc) is 2.28. The van der Waals surface area contributed by atoms with Crippen LogP contribution in [0.1, 0.15) is 24.8 Å². The zero-order valence-corrected chi connectivity index (χ0v) is 9.76. The van der Waals surface area contributed by atoms with Crippen molar-refractivity contribution in [2.24, 2.45) is 0 Å². The van der Waals surface area contributed by atoms with E-state index in [2.05, 4.69) is 0 Å². The molecule has 1 heterocycles. The summed E-state index contributed by atoms with van der Waals surface area (Å²) >= 11 is 0. The van der Waals surface area contributed by atoms with Gasteiger partial charge >= 0.3 is 5.97 Å². The molecule has 0 aliphatic carbocycles. The first kappa shape index (κ1) is 12.3. The van der Waals surface area contributed by atoms with Gasteiger partial charge in [0.2, 0.25) is 11.8 Å². The molecule has 1 aromatic rings. The van der Waals surface area contributed by atoms with Gasteiger partial charge in [0.25, 0.3) is 0 Å². The minimum Gasteiger partial charge on any atom is -0.481 e. The van der Waals surface area contributed by atoms with E-state index in [1.807, 2.05) is 0 Å². The Morgan fingerprint density at radius 2 is 1.89 bits per heavy atom. The number of imide groups is 1. The highest BCUT2D eigenvalue weighted by molar-refractivity contribution is 6.16. The van der Waals surface area contributed by atoms with E-state index >= 15 is 0 Å². The van der Waals surface area contributed by atoms with Crippen LogP contribution in [0.2, 0.25) is 0 Å². The highest BCUT2D eigenvalue weighted by Crippen LogP contribution is 2.23. The Morgan fingerprint density at radius 1 is 1.22 bits per heavy atom. The molecular weight excluding hydrogens is 234 g/mol. The van der Waals surface area contributed by atoms with E-state index < -0.39 is 5.97 Å². The van der Waals surface area contributed by atoms with Crippen molar-refractivity contribution in [3.63, 3.8) is 0 Å². The summed E-state index contributed by atoms with van der Waals surface area (Å²) in [4.78, 5) is 35.2. The number of hydrogen-bond donors (Lipinski definition) is 1. The van der Waals surface area contributed by atoms with Gasteiger partial charge in [0.1, 0.15) is 0 Å². The summed E-state index contributed by atoms with van der Waals surface area (Å²) in [6, 6.07) is 6.54. The first-order chi connectivity index (χ1) is 8.58.